The van der Waals surface area contributed by atoms with E-state index in [-0.39, 0.29) is 12.3 Å². The van der Waals surface area contributed by atoms with Crippen LogP contribution in [-0.2, 0) is 9.47 Å². The van der Waals surface area contributed by atoms with Crippen LogP contribution < -0.4 is 5.32 Å². The minimum absolute atomic E-state index is 0.101. The van der Waals surface area contributed by atoms with Crippen LogP contribution in [0.5, 0.6) is 0 Å². The van der Waals surface area contributed by atoms with E-state index in [1.54, 1.807) is 5.57 Å². The van der Waals surface area contributed by atoms with Crippen LogP contribution in [0.1, 0.15) is 83.5 Å². The molecule has 0 saturated heterocycles. The average Bonchev–Trinajstić information content (AvgIpc) is 3.60. The van der Waals surface area contributed by atoms with Crippen molar-refractivity contribution in [2.24, 2.45) is 33.7 Å². The molecule has 1 N–H and O–H groups in total. The van der Waals surface area contributed by atoms with E-state index in [9.17, 15) is 0 Å². The van der Waals surface area contributed by atoms with Crippen molar-refractivity contribution in [2.75, 3.05) is 6.61 Å². The van der Waals surface area contributed by atoms with Crippen molar-refractivity contribution in [3.05, 3.63) is 141 Å². The van der Waals surface area contributed by atoms with E-state index >= 15 is 0 Å². The minimum atomic E-state index is -0.121. The number of hydrogen-bond donors (Lipinski definition) is 1. The maximum absolute atomic E-state index is 7.04. The molecule has 0 spiro atoms. The molecule has 0 fully saturated rings. The minimum Gasteiger partial charge on any atom is -0.496 e. The molecule has 0 radical (unpaired) electrons. The second kappa shape index (κ2) is 13.3. The molecule has 10 rings (SSSR count). The smallest absolute Gasteiger partial charge is 0.162 e. The van der Waals surface area contributed by atoms with Crippen LogP contribution in [0.4, 0.5) is 0 Å². The van der Waals surface area contributed by atoms with E-state index < -0.39 is 0 Å². The van der Waals surface area contributed by atoms with Gasteiger partial charge in [-0.05, 0) is 134 Å². The summed E-state index contributed by atoms with van der Waals surface area (Å²) >= 11 is 0. The fraction of sp³-hybridized carbons (Fsp3) is 0.435. The summed E-state index contributed by atoms with van der Waals surface area (Å²) in [5.74, 6) is 4.69. The molecule has 0 aromatic rings. The predicted octanol–water partition coefficient (Wildman–Crippen LogP) is 10.1. The lowest BCUT2D eigenvalue weighted by Gasteiger charge is -2.43. The Balaban J connectivity index is 1.01. The van der Waals surface area contributed by atoms with Crippen molar-refractivity contribution < 1.29 is 9.47 Å². The van der Waals surface area contributed by atoms with Crippen molar-refractivity contribution in [3.8, 4) is 0 Å². The first-order valence-corrected chi connectivity index (χ1v) is 19.8. The molecule has 260 valence electrons. The van der Waals surface area contributed by atoms with Gasteiger partial charge in [-0.2, -0.15) is 0 Å². The molecule has 0 amide bonds. The van der Waals surface area contributed by atoms with Crippen LogP contribution in [-0.4, -0.2) is 30.5 Å². The summed E-state index contributed by atoms with van der Waals surface area (Å²) in [4.78, 5) is 10.4. The summed E-state index contributed by atoms with van der Waals surface area (Å²) in [5, 5.41) is 3.86. The zero-order chi connectivity index (χ0) is 33.7. The van der Waals surface area contributed by atoms with Crippen molar-refractivity contribution >= 4 is 11.7 Å². The van der Waals surface area contributed by atoms with Gasteiger partial charge in [0.2, 0.25) is 0 Å². The Morgan fingerprint density at radius 1 is 0.745 bits per heavy atom. The molecule has 5 heteroatoms. The first-order chi connectivity index (χ1) is 25.3. The number of aliphatic imine (C=N–C) groups is 2. The maximum Gasteiger partial charge on any atom is 0.162 e. The normalized spacial score (nSPS) is 33.7. The van der Waals surface area contributed by atoms with Crippen LogP contribution in [0, 0.1) is 23.7 Å². The molecule has 51 heavy (non-hydrogen) atoms. The van der Waals surface area contributed by atoms with Gasteiger partial charge in [-0.25, -0.2) is 9.98 Å². The first-order valence-electron chi connectivity index (χ1n) is 19.8. The molecule has 0 aromatic carbocycles. The van der Waals surface area contributed by atoms with E-state index in [4.69, 9.17) is 19.5 Å². The number of fused-ring (bicyclic) bond motifs is 3. The Hall–Kier alpha value is -4.38. The van der Waals surface area contributed by atoms with Crippen LogP contribution in [0.15, 0.2) is 151 Å². The highest BCUT2D eigenvalue weighted by molar-refractivity contribution is 6.13. The lowest BCUT2D eigenvalue weighted by molar-refractivity contribution is 0.131. The topological polar surface area (TPSA) is 55.2 Å². The average molecular weight is 676 g/mol. The predicted molar refractivity (Wildman–Crippen MR) is 206 cm³/mol. The molecular formula is C46H49N3O2. The quantitative estimate of drug-likeness (QED) is 0.316. The number of nitrogens with zero attached hydrogens (tertiary/aromatic N) is 2. The Morgan fingerprint density at radius 3 is 2.57 bits per heavy atom. The Kier molecular flexibility index (Phi) is 8.18. The van der Waals surface area contributed by atoms with E-state index in [0.29, 0.717) is 30.3 Å². The Morgan fingerprint density at radius 2 is 1.65 bits per heavy atom. The number of ether oxygens (including phenoxy) is 2. The maximum atomic E-state index is 7.04. The lowest BCUT2D eigenvalue weighted by atomic mass is 9.62. The highest BCUT2D eigenvalue weighted by atomic mass is 16.5. The first kappa shape index (κ1) is 31.4. The van der Waals surface area contributed by atoms with Gasteiger partial charge >= 0.3 is 0 Å². The standard InChI is InChI=1S/C46H49N3O2/c1-2-12-30(13-3-1)44-47-45(33-15-10-26-50-28-33)49-46(48-44)39-25-23-37(35-16-6-7-17-36(35)39)38-24-22-34(32-21-20-29-11-4-5-14-31(29)27-32)43-42(38)40-18-8-9-19-41(40)51-43/h5,7-8,10,12,14-15,17-18,20-22,24,28,32,35,37,42-43,46H,1-4,6,9,11,13,16,19,23,25-27H2,(H,47,48,49). The van der Waals surface area contributed by atoms with Crippen molar-refractivity contribution in [1.82, 2.24) is 5.32 Å². The molecule has 7 aliphatic carbocycles. The highest BCUT2D eigenvalue weighted by Crippen LogP contribution is 2.55. The third kappa shape index (κ3) is 5.68. The van der Waals surface area contributed by atoms with Gasteiger partial charge in [-0.15, -0.1) is 0 Å². The summed E-state index contributed by atoms with van der Waals surface area (Å²) in [5.41, 5.74) is 12.8. The van der Waals surface area contributed by atoms with Crippen molar-refractivity contribution in [2.45, 2.75) is 95.7 Å². The van der Waals surface area contributed by atoms with E-state index in [0.717, 1.165) is 75.0 Å². The molecule has 3 heterocycles. The van der Waals surface area contributed by atoms with Gasteiger partial charge < -0.3 is 14.8 Å². The zero-order valence-corrected chi connectivity index (χ0v) is 29.7. The summed E-state index contributed by atoms with van der Waals surface area (Å²) in [6, 6.07) is 0. The van der Waals surface area contributed by atoms with Gasteiger partial charge in [0.25, 0.3) is 0 Å². The summed E-state index contributed by atoms with van der Waals surface area (Å²) < 4.78 is 12.8. The fourth-order valence-electron chi connectivity index (χ4n) is 10.4. The van der Waals surface area contributed by atoms with Gasteiger partial charge in [0.1, 0.15) is 30.5 Å². The van der Waals surface area contributed by atoms with Gasteiger partial charge in [-0.1, -0.05) is 72.4 Å². The zero-order valence-electron chi connectivity index (χ0n) is 29.7. The Bertz CT molecular complexity index is 1960. The molecule has 0 saturated carbocycles. The third-order valence-corrected chi connectivity index (χ3v) is 12.9. The highest BCUT2D eigenvalue weighted by Gasteiger charge is 2.48. The molecular weight excluding hydrogens is 627 g/mol. The number of rotatable bonds is 5. The molecule has 6 unspecified atom stereocenters. The summed E-state index contributed by atoms with van der Waals surface area (Å²) in [7, 11) is 0. The van der Waals surface area contributed by atoms with Crippen molar-refractivity contribution in [1.29, 1.82) is 0 Å². The van der Waals surface area contributed by atoms with Crippen molar-refractivity contribution in [3.63, 3.8) is 0 Å². The second-order valence-electron chi connectivity index (χ2n) is 15.8. The van der Waals surface area contributed by atoms with Gasteiger partial charge in [0.15, 0.2) is 5.84 Å². The van der Waals surface area contributed by atoms with E-state index in [1.165, 1.54) is 70.5 Å². The molecule has 6 atom stereocenters. The largest absolute Gasteiger partial charge is 0.496 e. The van der Waals surface area contributed by atoms with Crippen LogP contribution in [0.25, 0.3) is 0 Å². The van der Waals surface area contributed by atoms with Crippen LogP contribution in [0.2, 0.25) is 0 Å². The van der Waals surface area contributed by atoms with Gasteiger partial charge in [-0.3, -0.25) is 0 Å². The summed E-state index contributed by atoms with van der Waals surface area (Å²) in [6.07, 6.45) is 47.4. The fourth-order valence-corrected chi connectivity index (χ4v) is 10.4. The van der Waals surface area contributed by atoms with Crippen LogP contribution >= 0.6 is 0 Å². The molecule has 3 aliphatic heterocycles. The SMILES string of the molecule is C1=CC2=C(C=CC(C3=CC=C(C4CCC(C5N=C(C6=COCC=C6)N=C(C6=CCCCC6)N5)=C5C=CCCC54)C4C5=C(CCC=C5)OC34)C2)CC1. The molecule has 10 aliphatic rings. The Labute approximate surface area is 302 Å². The number of amidine groups is 2. The molecule has 5 nitrogen and oxygen atoms in total. The van der Waals surface area contributed by atoms with Gasteiger partial charge in [0.05, 0.1) is 11.8 Å². The second-order valence-corrected chi connectivity index (χ2v) is 15.8. The molecule has 0 bridgehead atoms. The summed E-state index contributed by atoms with van der Waals surface area (Å²) in [6.45, 7) is 0.602. The van der Waals surface area contributed by atoms with Crippen LogP contribution in [0.3, 0.4) is 0 Å². The van der Waals surface area contributed by atoms with Gasteiger partial charge in [0, 0.05) is 23.8 Å². The monoisotopic (exact) mass is 675 g/mol. The molecule has 0 aromatic heterocycles. The lowest BCUT2D eigenvalue weighted by Crippen LogP contribution is -2.43. The number of hydrogen-bond acceptors (Lipinski definition) is 5. The number of allylic oxidation sites excluding steroid dienone is 15. The third-order valence-electron chi connectivity index (χ3n) is 12.9. The number of nitrogens with one attached hydrogen (secondary N) is 1. The van der Waals surface area contributed by atoms with E-state index in [2.05, 4.69) is 84.3 Å². The van der Waals surface area contributed by atoms with E-state index in [1.807, 2.05) is 6.26 Å².